The van der Waals surface area contributed by atoms with E-state index in [2.05, 4.69) is 49.8 Å². The second-order valence-electron chi connectivity index (χ2n) is 3.96. The van der Waals surface area contributed by atoms with Crippen molar-refractivity contribution in [2.75, 3.05) is 12.4 Å². The van der Waals surface area contributed by atoms with Gasteiger partial charge in [0.2, 0.25) is 0 Å². The molecule has 0 aliphatic rings. The Morgan fingerprint density at radius 2 is 1.95 bits per heavy atom. The Hall–Kier alpha value is -0.980. The molecule has 0 fully saturated rings. The minimum absolute atomic E-state index is 0.226. The molecular formula is C14H11Br2NO2S. The summed E-state index contributed by atoms with van der Waals surface area (Å²) in [4.78, 5) is 12.9. The van der Waals surface area contributed by atoms with Crippen molar-refractivity contribution < 1.29 is 9.53 Å². The van der Waals surface area contributed by atoms with Crippen LogP contribution in [0.3, 0.4) is 0 Å². The number of rotatable bonds is 3. The minimum atomic E-state index is -0.226. The Kier molecular flexibility index (Phi) is 5.12. The van der Waals surface area contributed by atoms with Crippen LogP contribution in [0.15, 0.2) is 50.2 Å². The number of carbonyl (C=O) groups is 1. The van der Waals surface area contributed by atoms with Crippen LogP contribution in [0.4, 0.5) is 5.69 Å². The molecule has 0 unspecified atom stereocenters. The third kappa shape index (κ3) is 3.56. The average Bonchev–Trinajstić information content (AvgIpc) is 2.41. The molecule has 0 aliphatic carbocycles. The summed E-state index contributed by atoms with van der Waals surface area (Å²) in [6.45, 7) is 0. The summed E-state index contributed by atoms with van der Waals surface area (Å²) in [6, 6.07) is 10.7. The van der Waals surface area contributed by atoms with Crippen molar-refractivity contribution in [3.63, 3.8) is 0 Å². The molecule has 0 aromatic heterocycles. The van der Waals surface area contributed by atoms with Gasteiger partial charge in [0.1, 0.15) is 5.75 Å². The lowest BCUT2D eigenvalue weighted by Crippen LogP contribution is -2.13. The number of methoxy groups -OCH3 is 1. The Morgan fingerprint density at radius 1 is 1.20 bits per heavy atom. The molecule has 3 nitrogen and oxygen atoms in total. The third-order valence-corrected chi connectivity index (χ3v) is 4.18. The van der Waals surface area contributed by atoms with Crippen LogP contribution >= 0.6 is 44.5 Å². The first-order chi connectivity index (χ1) is 9.51. The molecule has 0 saturated carbocycles. The summed E-state index contributed by atoms with van der Waals surface area (Å²) in [7, 11) is 1.58. The van der Waals surface area contributed by atoms with E-state index < -0.39 is 0 Å². The van der Waals surface area contributed by atoms with Crippen LogP contribution in [0.25, 0.3) is 0 Å². The van der Waals surface area contributed by atoms with Gasteiger partial charge in [-0.25, -0.2) is 0 Å². The molecule has 0 radical (unpaired) electrons. The fourth-order valence-corrected chi connectivity index (χ4v) is 2.81. The first kappa shape index (κ1) is 15.4. The molecule has 1 N–H and O–H groups in total. The van der Waals surface area contributed by atoms with Gasteiger partial charge in [0.15, 0.2) is 0 Å². The molecule has 2 aromatic rings. The van der Waals surface area contributed by atoms with Gasteiger partial charge in [0.05, 0.1) is 18.4 Å². The molecular weight excluding hydrogens is 406 g/mol. The highest BCUT2D eigenvalue weighted by atomic mass is 79.9. The van der Waals surface area contributed by atoms with E-state index in [1.807, 2.05) is 12.1 Å². The largest absolute Gasteiger partial charge is 0.497 e. The first-order valence-corrected chi connectivity index (χ1v) is 7.68. The number of halogens is 2. The summed E-state index contributed by atoms with van der Waals surface area (Å²) in [6.07, 6.45) is 0. The van der Waals surface area contributed by atoms with Crippen LogP contribution in [0.1, 0.15) is 10.4 Å². The van der Waals surface area contributed by atoms with E-state index in [1.165, 1.54) is 0 Å². The van der Waals surface area contributed by atoms with E-state index in [-0.39, 0.29) is 5.91 Å². The van der Waals surface area contributed by atoms with E-state index >= 15 is 0 Å². The zero-order valence-electron chi connectivity index (χ0n) is 10.5. The van der Waals surface area contributed by atoms with Gasteiger partial charge >= 0.3 is 0 Å². The van der Waals surface area contributed by atoms with Crippen molar-refractivity contribution in [3.05, 3.63) is 50.9 Å². The predicted molar refractivity (Wildman–Crippen MR) is 90.0 cm³/mol. The van der Waals surface area contributed by atoms with Crippen molar-refractivity contribution in [2.45, 2.75) is 4.90 Å². The number of ether oxygens (including phenoxy) is 1. The fourth-order valence-electron chi connectivity index (χ4n) is 1.61. The smallest absolute Gasteiger partial charge is 0.256 e. The molecule has 1 amide bonds. The van der Waals surface area contributed by atoms with Crippen LogP contribution in [-0.2, 0) is 0 Å². The quantitative estimate of drug-likeness (QED) is 0.707. The van der Waals surface area contributed by atoms with E-state index in [4.69, 9.17) is 4.74 Å². The summed E-state index contributed by atoms with van der Waals surface area (Å²) in [5.74, 6) is 0.446. The number of benzene rings is 2. The first-order valence-electron chi connectivity index (χ1n) is 5.64. The van der Waals surface area contributed by atoms with Gasteiger partial charge in [0, 0.05) is 19.9 Å². The van der Waals surface area contributed by atoms with Crippen molar-refractivity contribution in [3.8, 4) is 5.75 Å². The minimum Gasteiger partial charge on any atom is -0.497 e. The van der Waals surface area contributed by atoms with Crippen LogP contribution in [0.5, 0.6) is 5.75 Å². The second kappa shape index (κ2) is 6.65. The number of anilines is 1. The molecule has 20 heavy (non-hydrogen) atoms. The van der Waals surface area contributed by atoms with Gasteiger partial charge in [-0.1, -0.05) is 15.9 Å². The Labute approximate surface area is 139 Å². The number of carbonyl (C=O) groups excluding carboxylic acids is 1. The molecule has 0 spiro atoms. The van der Waals surface area contributed by atoms with Gasteiger partial charge in [-0.15, -0.1) is 12.6 Å². The van der Waals surface area contributed by atoms with Gasteiger partial charge in [0.25, 0.3) is 5.91 Å². The topological polar surface area (TPSA) is 38.3 Å². The second-order valence-corrected chi connectivity index (χ2v) is 6.21. The molecule has 0 aliphatic heterocycles. The molecule has 0 bridgehead atoms. The molecule has 6 heteroatoms. The monoisotopic (exact) mass is 415 g/mol. The standard InChI is InChI=1S/C14H11Br2NO2S/c1-19-9-3-5-11(16)12(7-9)17-14(18)10-4-2-8(15)6-13(10)20/h2-7,20H,1H3,(H,17,18). The number of thiol groups is 1. The molecule has 2 rings (SSSR count). The van der Waals surface area contributed by atoms with Gasteiger partial charge < -0.3 is 10.1 Å². The predicted octanol–water partition coefficient (Wildman–Crippen LogP) is 4.76. The van der Waals surface area contributed by atoms with Crippen molar-refractivity contribution >= 4 is 56.1 Å². The van der Waals surface area contributed by atoms with Crippen LogP contribution < -0.4 is 10.1 Å². The maximum atomic E-state index is 12.3. The van der Waals surface area contributed by atoms with Gasteiger partial charge in [-0.3, -0.25) is 4.79 Å². The Balaban J connectivity index is 2.27. The van der Waals surface area contributed by atoms with E-state index in [1.54, 1.807) is 31.4 Å². The van der Waals surface area contributed by atoms with Gasteiger partial charge in [-0.2, -0.15) is 0 Å². The third-order valence-electron chi connectivity index (χ3n) is 2.63. The average molecular weight is 417 g/mol. The van der Waals surface area contributed by atoms with Crippen LogP contribution in [-0.4, -0.2) is 13.0 Å². The molecule has 0 atom stereocenters. The van der Waals surface area contributed by atoms with Crippen LogP contribution in [0, 0.1) is 0 Å². The zero-order valence-corrected chi connectivity index (χ0v) is 14.6. The fraction of sp³-hybridized carbons (Fsp3) is 0.0714. The van der Waals surface area contributed by atoms with Crippen molar-refractivity contribution in [1.82, 2.24) is 0 Å². The summed E-state index contributed by atoms with van der Waals surface area (Å²) in [5, 5.41) is 2.83. The van der Waals surface area contributed by atoms with Crippen LogP contribution in [0.2, 0.25) is 0 Å². The number of hydrogen-bond acceptors (Lipinski definition) is 3. The lowest BCUT2D eigenvalue weighted by atomic mass is 10.2. The number of amides is 1. The highest BCUT2D eigenvalue weighted by Gasteiger charge is 2.12. The Morgan fingerprint density at radius 3 is 2.60 bits per heavy atom. The maximum absolute atomic E-state index is 12.3. The maximum Gasteiger partial charge on any atom is 0.256 e. The molecule has 104 valence electrons. The van der Waals surface area contributed by atoms with E-state index in [9.17, 15) is 4.79 Å². The summed E-state index contributed by atoms with van der Waals surface area (Å²) < 4.78 is 6.80. The van der Waals surface area contributed by atoms with Crippen molar-refractivity contribution in [2.24, 2.45) is 0 Å². The normalized spacial score (nSPS) is 10.2. The summed E-state index contributed by atoms with van der Waals surface area (Å²) >= 11 is 11.0. The molecule has 0 heterocycles. The van der Waals surface area contributed by atoms with Gasteiger partial charge in [-0.05, 0) is 46.3 Å². The molecule has 0 saturated heterocycles. The van der Waals surface area contributed by atoms with E-state index in [0.29, 0.717) is 21.9 Å². The highest BCUT2D eigenvalue weighted by molar-refractivity contribution is 9.10. The molecule has 2 aromatic carbocycles. The summed E-state index contributed by atoms with van der Waals surface area (Å²) in [5.41, 5.74) is 1.15. The van der Waals surface area contributed by atoms with E-state index in [0.717, 1.165) is 8.95 Å². The Bertz CT molecular complexity index is 662. The van der Waals surface area contributed by atoms with Crippen molar-refractivity contribution in [1.29, 1.82) is 0 Å². The lowest BCUT2D eigenvalue weighted by Gasteiger charge is -2.10. The highest BCUT2D eigenvalue weighted by Crippen LogP contribution is 2.28. The SMILES string of the molecule is COc1ccc(Br)c(NC(=O)c2ccc(Br)cc2S)c1. The number of nitrogens with one attached hydrogen (secondary N) is 1. The lowest BCUT2D eigenvalue weighted by molar-refractivity contribution is 0.102. The number of hydrogen-bond donors (Lipinski definition) is 2. The zero-order chi connectivity index (χ0) is 14.7.